The lowest BCUT2D eigenvalue weighted by Gasteiger charge is -2.21. The summed E-state index contributed by atoms with van der Waals surface area (Å²) >= 11 is 0. The molecular weight excluding hydrogens is 298 g/mol. The molecule has 2 aromatic heterocycles. The highest BCUT2D eigenvalue weighted by Crippen LogP contribution is 2.29. The van der Waals surface area contributed by atoms with Gasteiger partial charge in [0.1, 0.15) is 0 Å². The van der Waals surface area contributed by atoms with Crippen LogP contribution in [-0.2, 0) is 0 Å². The number of hydrogen-bond donors (Lipinski definition) is 0. The SMILES string of the molecule is CCN(CC)c1cc(C)nn2c(-c3ccc(C)c(C)c3C)nnc12. The van der Waals surface area contributed by atoms with E-state index in [0.717, 1.165) is 41.5 Å². The first kappa shape index (κ1) is 16.4. The second kappa shape index (κ2) is 6.23. The zero-order valence-electron chi connectivity index (χ0n) is 15.4. The molecule has 24 heavy (non-hydrogen) atoms. The monoisotopic (exact) mass is 323 g/mol. The van der Waals surface area contributed by atoms with Gasteiger partial charge in [-0.15, -0.1) is 10.2 Å². The Morgan fingerprint density at radius 1 is 0.958 bits per heavy atom. The molecule has 3 rings (SSSR count). The van der Waals surface area contributed by atoms with Crippen LogP contribution in [0.5, 0.6) is 0 Å². The fraction of sp³-hybridized carbons (Fsp3) is 0.421. The van der Waals surface area contributed by atoms with Crippen LogP contribution in [0.2, 0.25) is 0 Å². The lowest BCUT2D eigenvalue weighted by Crippen LogP contribution is -2.23. The number of rotatable bonds is 4. The summed E-state index contributed by atoms with van der Waals surface area (Å²) in [5.41, 5.74) is 7.78. The third-order valence-electron chi connectivity index (χ3n) is 4.88. The van der Waals surface area contributed by atoms with Crippen LogP contribution in [0.3, 0.4) is 0 Å². The predicted octanol–water partition coefficient (Wildman–Crippen LogP) is 3.87. The summed E-state index contributed by atoms with van der Waals surface area (Å²) in [6, 6.07) is 6.35. The number of benzene rings is 1. The molecule has 0 amide bonds. The number of fused-ring (bicyclic) bond motifs is 1. The van der Waals surface area contributed by atoms with Gasteiger partial charge in [0, 0.05) is 18.7 Å². The van der Waals surface area contributed by atoms with E-state index in [1.54, 1.807) is 0 Å². The fourth-order valence-corrected chi connectivity index (χ4v) is 3.15. The minimum Gasteiger partial charge on any atom is -0.369 e. The van der Waals surface area contributed by atoms with Crippen LogP contribution in [0.4, 0.5) is 5.69 Å². The first-order chi connectivity index (χ1) is 11.5. The summed E-state index contributed by atoms with van der Waals surface area (Å²) in [6.45, 7) is 14.6. The number of nitrogens with zero attached hydrogens (tertiary/aromatic N) is 5. The quantitative estimate of drug-likeness (QED) is 0.731. The molecule has 0 atom stereocenters. The fourth-order valence-electron chi connectivity index (χ4n) is 3.15. The lowest BCUT2D eigenvalue weighted by molar-refractivity contribution is 0.841. The zero-order chi connectivity index (χ0) is 17.4. The molecule has 5 nitrogen and oxygen atoms in total. The molecule has 0 radical (unpaired) electrons. The van der Waals surface area contributed by atoms with Gasteiger partial charge in [0.2, 0.25) is 5.65 Å². The van der Waals surface area contributed by atoms with Crippen molar-refractivity contribution in [3.05, 3.63) is 40.6 Å². The Balaban J connectivity index is 2.27. The van der Waals surface area contributed by atoms with E-state index in [-0.39, 0.29) is 0 Å². The van der Waals surface area contributed by atoms with Gasteiger partial charge >= 0.3 is 0 Å². The van der Waals surface area contributed by atoms with E-state index in [9.17, 15) is 0 Å². The third kappa shape index (κ3) is 2.54. The molecule has 0 aliphatic rings. The largest absolute Gasteiger partial charge is 0.369 e. The van der Waals surface area contributed by atoms with Crippen molar-refractivity contribution in [1.29, 1.82) is 0 Å². The van der Waals surface area contributed by atoms with Gasteiger partial charge in [-0.05, 0) is 64.3 Å². The van der Waals surface area contributed by atoms with Gasteiger partial charge in [0.15, 0.2) is 5.82 Å². The van der Waals surface area contributed by atoms with Crippen molar-refractivity contribution >= 4 is 11.3 Å². The Hall–Kier alpha value is -2.43. The molecule has 3 aromatic rings. The smallest absolute Gasteiger partial charge is 0.201 e. The summed E-state index contributed by atoms with van der Waals surface area (Å²) in [5.74, 6) is 0.808. The maximum atomic E-state index is 4.68. The van der Waals surface area contributed by atoms with Gasteiger partial charge in [-0.1, -0.05) is 12.1 Å². The molecule has 0 N–H and O–H groups in total. The molecule has 1 aromatic carbocycles. The first-order valence-electron chi connectivity index (χ1n) is 8.53. The Labute approximate surface area is 143 Å². The van der Waals surface area contributed by atoms with Crippen LogP contribution >= 0.6 is 0 Å². The maximum absolute atomic E-state index is 4.68. The number of aromatic nitrogens is 4. The highest BCUT2D eigenvalue weighted by Gasteiger charge is 2.18. The van der Waals surface area contributed by atoms with Gasteiger partial charge in [-0.25, -0.2) is 0 Å². The van der Waals surface area contributed by atoms with Crippen LogP contribution in [0.15, 0.2) is 18.2 Å². The average molecular weight is 323 g/mol. The first-order valence-corrected chi connectivity index (χ1v) is 8.53. The summed E-state index contributed by atoms with van der Waals surface area (Å²) in [7, 11) is 0. The zero-order valence-corrected chi connectivity index (χ0v) is 15.4. The van der Waals surface area contributed by atoms with E-state index in [1.165, 1.54) is 16.7 Å². The minimum absolute atomic E-state index is 0.808. The van der Waals surface area contributed by atoms with E-state index < -0.39 is 0 Å². The average Bonchev–Trinajstić information content (AvgIpc) is 2.97. The second-order valence-electron chi connectivity index (χ2n) is 6.28. The van der Waals surface area contributed by atoms with Crippen LogP contribution in [0, 0.1) is 27.7 Å². The highest BCUT2D eigenvalue weighted by molar-refractivity contribution is 5.73. The molecular formula is C19H25N5. The summed E-state index contributed by atoms with van der Waals surface area (Å²) in [5, 5.41) is 13.6. The maximum Gasteiger partial charge on any atom is 0.201 e. The molecule has 0 saturated heterocycles. The summed E-state index contributed by atoms with van der Waals surface area (Å²) in [4.78, 5) is 2.29. The van der Waals surface area contributed by atoms with Gasteiger partial charge < -0.3 is 4.90 Å². The van der Waals surface area contributed by atoms with Crippen molar-refractivity contribution in [3.8, 4) is 11.4 Å². The number of hydrogen-bond acceptors (Lipinski definition) is 4. The molecule has 0 unspecified atom stereocenters. The van der Waals surface area contributed by atoms with Crippen molar-refractivity contribution in [2.45, 2.75) is 41.5 Å². The molecule has 2 heterocycles. The van der Waals surface area contributed by atoms with E-state index in [1.807, 2.05) is 11.4 Å². The topological polar surface area (TPSA) is 46.3 Å². The second-order valence-corrected chi connectivity index (χ2v) is 6.28. The van der Waals surface area contributed by atoms with Gasteiger partial charge in [0.25, 0.3) is 0 Å². The molecule has 0 aliphatic heterocycles. The summed E-state index contributed by atoms with van der Waals surface area (Å²) in [6.07, 6.45) is 0. The molecule has 0 spiro atoms. The Bertz CT molecular complexity index is 890. The van der Waals surface area contributed by atoms with E-state index in [4.69, 9.17) is 0 Å². The molecule has 0 aliphatic carbocycles. The van der Waals surface area contributed by atoms with Crippen LogP contribution in [-0.4, -0.2) is 32.9 Å². The molecule has 5 heteroatoms. The van der Waals surface area contributed by atoms with Gasteiger partial charge in [0.05, 0.1) is 11.4 Å². The molecule has 0 bridgehead atoms. The van der Waals surface area contributed by atoms with Crippen molar-refractivity contribution in [2.75, 3.05) is 18.0 Å². The van der Waals surface area contributed by atoms with Crippen molar-refractivity contribution in [1.82, 2.24) is 19.8 Å². The van der Waals surface area contributed by atoms with Crippen molar-refractivity contribution < 1.29 is 0 Å². The minimum atomic E-state index is 0.808. The molecule has 0 saturated carbocycles. The number of aryl methyl sites for hydroxylation is 2. The van der Waals surface area contributed by atoms with Gasteiger partial charge in [-0.2, -0.15) is 9.61 Å². The molecule has 0 fully saturated rings. The van der Waals surface area contributed by atoms with E-state index in [2.05, 4.69) is 73.0 Å². The van der Waals surface area contributed by atoms with Crippen molar-refractivity contribution in [2.24, 2.45) is 0 Å². The Morgan fingerprint density at radius 2 is 1.67 bits per heavy atom. The summed E-state index contributed by atoms with van der Waals surface area (Å²) < 4.78 is 1.89. The molecule has 126 valence electrons. The third-order valence-corrected chi connectivity index (χ3v) is 4.88. The van der Waals surface area contributed by atoms with Crippen LogP contribution < -0.4 is 4.90 Å². The highest BCUT2D eigenvalue weighted by atomic mass is 15.4. The van der Waals surface area contributed by atoms with Crippen molar-refractivity contribution in [3.63, 3.8) is 0 Å². The normalized spacial score (nSPS) is 11.2. The van der Waals surface area contributed by atoms with Crippen LogP contribution in [0.1, 0.15) is 36.2 Å². The Morgan fingerprint density at radius 3 is 2.33 bits per heavy atom. The van der Waals surface area contributed by atoms with E-state index >= 15 is 0 Å². The van der Waals surface area contributed by atoms with E-state index in [0.29, 0.717) is 0 Å². The van der Waals surface area contributed by atoms with Gasteiger partial charge in [-0.3, -0.25) is 0 Å². The predicted molar refractivity (Wildman–Crippen MR) is 98.7 cm³/mol. The standard InChI is InChI=1S/C19H25N5/c1-7-23(8-2)17-11-13(4)22-24-18(20-21-19(17)24)16-10-9-12(3)14(5)15(16)6/h9-11H,7-8H2,1-6H3. The lowest BCUT2D eigenvalue weighted by atomic mass is 9.98. The Kier molecular flexibility index (Phi) is 4.26. The van der Waals surface area contributed by atoms with Crippen LogP contribution in [0.25, 0.3) is 17.0 Å². The number of anilines is 1.